The van der Waals surface area contributed by atoms with E-state index in [1.807, 2.05) is 18.2 Å². The molecule has 1 aliphatic carbocycles. The molecule has 0 atom stereocenters. The Morgan fingerprint density at radius 3 is 2.45 bits per heavy atom. The van der Waals surface area contributed by atoms with E-state index >= 15 is 0 Å². The van der Waals surface area contributed by atoms with E-state index < -0.39 is 0 Å². The largest absolute Gasteiger partial charge is 0.379 e. The van der Waals surface area contributed by atoms with Gasteiger partial charge in [0.15, 0.2) is 5.96 Å². The maximum absolute atomic E-state index is 12.2. The van der Waals surface area contributed by atoms with Gasteiger partial charge >= 0.3 is 0 Å². The number of halogens is 1. The van der Waals surface area contributed by atoms with Gasteiger partial charge in [-0.05, 0) is 24.8 Å². The van der Waals surface area contributed by atoms with Crippen molar-refractivity contribution in [2.24, 2.45) is 4.99 Å². The molecule has 8 heteroatoms. The zero-order valence-corrected chi connectivity index (χ0v) is 21.0. The Morgan fingerprint density at radius 2 is 1.77 bits per heavy atom. The Kier molecular flexibility index (Phi) is 11.6. The molecule has 0 radical (unpaired) electrons. The summed E-state index contributed by atoms with van der Waals surface area (Å²) in [5, 5.41) is 9.62. The molecule has 1 aromatic carbocycles. The highest BCUT2D eigenvalue weighted by molar-refractivity contribution is 14.0. The number of carbonyl (C=O) groups excluding carboxylic acids is 1. The number of morpholine rings is 1. The van der Waals surface area contributed by atoms with Crippen molar-refractivity contribution in [1.82, 2.24) is 20.9 Å². The molecule has 2 aliphatic rings. The summed E-state index contributed by atoms with van der Waals surface area (Å²) in [6.07, 6.45) is 7.11. The van der Waals surface area contributed by atoms with Crippen molar-refractivity contribution in [2.75, 3.05) is 53.0 Å². The fourth-order valence-electron chi connectivity index (χ4n) is 4.54. The van der Waals surface area contributed by atoms with Crippen molar-refractivity contribution >= 4 is 35.8 Å². The minimum absolute atomic E-state index is 0. The third kappa shape index (κ3) is 8.23. The number of guanidine groups is 1. The second kappa shape index (κ2) is 13.9. The molecule has 3 N–H and O–H groups in total. The minimum atomic E-state index is -0.0190. The monoisotopic (exact) mass is 543 g/mol. The molecule has 0 spiro atoms. The van der Waals surface area contributed by atoms with E-state index in [0.717, 1.165) is 39.3 Å². The Labute approximate surface area is 203 Å². The molecule has 0 unspecified atom stereocenters. The van der Waals surface area contributed by atoms with Crippen LogP contribution in [-0.2, 0) is 16.0 Å². The van der Waals surface area contributed by atoms with Crippen LogP contribution in [0.1, 0.15) is 37.7 Å². The molecule has 0 bridgehead atoms. The molecule has 1 saturated heterocycles. The smallest absolute Gasteiger partial charge is 0.239 e. The number of aliphatic imine (C=N–C) groups is 1. The lowest BCUT2D eigenvalue weighted by Crippen LogP contribution is -2.60. The average molecular weight is 543 g/mol. The second-order valence-corrected chi connectivity index (χ2v) is 8.25. The van der Waals surface area contributed by atoms with E-state index in [1.54, 1.807) is 7.05 Å². The van der Waals surface area contributed by atoms with Crippen molar-refractivity contribution in [2.45, 2.75) is 44.1 Å². The Bertz CT molecular complexity index is 674. The zero-order valence-electron chi connectivity index (χ0n) is 18.7. The Balaban J connectivity index is 0.00000341. The molecule has 7 nitrogen and oxygen atoms in total. The first-order valence-electron chi connectivity index (χ1n) is 11.3. The molecule has 174 valence electrons. The average Bonchev–Trinajstić information content (AvgIpc) is 2.81. The van der Waals surface area contributed by atoms with Gasteiger partial charge in [0, 0.05) is 38.8 Å². The third-order valence-electron chi connectivity index (χ3n) is 6.27. The van der Waals surface area contributed by atoms with Crippen molar-refractivity contribution in [3.8, 4) is 0 Å². The van der Waals surface area contributed by atoms with Gasteiger partial charge in [-0.3, -0.25) is 14.7 Å². The number of rotatable bonds is 8. The van der Waals surface area contributed by atoms with Gasteiger partial charge < -0.3 is 20.7 Å². The van der Waals surface area contributed by atoms with Gasteiger partial charge in [-0.25, -0.2) is 0 Å². The van der Waals surface area contributed by atoms with E-state index in [4.69, 9.17) is 4.74 Å². The maximum atomic E-state index is 12.2. The van der Waals surface area contributed by atoms with Gasteiger partial charge in [0.2, 0.25) is 5.91 Å². The number of amides is 1. The third-order valence-corrected chi connectivity index (χ3v) is 6.27. The van der Waals surface area contributed by atoms with Crippen molar-refractivity contribution < 1.29 is 9.53 Å². The molecule has 1 amide bonds. The summed E-state index contributed by atoms with van der Waals surface area (Å²) in [6, 6.07) is 10.2. The van der Waals surface area contributed by atoms with Crippen LogP contribution in [0.2, 0.25) is 0 Å². The summed E-state index contributed by atoms with van der Waals surface area (Å²) in [5.41, 5.74) is 1.39. The first kappa shape index (κ1) is 25.9. The van der Waals surface area contributed by atoms with Gasteiger partial charge in [-0.2, -0.15) is 0 Å². The van der Waals surface area contributed by atoms with E-state index in [9.17, 15) is 4.79 Å². The lowest BCUT2D eigenvalue weighted by Gasteiger charge is -2.48. The van der Waals surface area contributed by atoms with Crippen molar-refractivity contribution in [3.05, 3.63) is 35.9 Å². The number of nitrogens with one attached hydrogen (secondary N) is 3. The van der Waals surface area contributed by atoms with Gasteiger partial charge in [-0.1, -0.05) is 49.6 Å². The standard InChI is InChI=1S/C23H37N5O2.HI/c1-24-22(26-18-21(29)25-13-10-20-8-4-2-5-9-20)27-19-23(11-6-3-7-12-23)28-14-16-30-17-15-28;/h2,4-5,8-9H,3,6-7,10-19H2,1H3,(H,25,29)(H2,24,26,27);1H. The molecule has 0 aromatic heterocycles. The van der Waals surface area contributed by atoms with Crippen LogP contribution in [0.4, 0.5) is 0 Å². The quantitative estimate of drug-likeness (QED) is 0.266. The second-order valence-electron chi connectivity index (χ2n) is 8.25. The van der Waals surface area contributed by atoms with E-state index in [1.165, 1.54) is 37.7 Å². The summed E-state index contributed by atoms with van der Waals surface area (Å²) in [7, 11) is 1.75. The SMILES string of the molecule is CN=C(NCC(=O)NCCc1ccccc1)NCC1(N2CCOCC2)CCCCC1.I. The predicted molar refractivity (Wildman–Crippen MR) is 136 cm³/mol. The highest BCUT2D eigenvalue weighted by Crippen LogP contribution is 2.33. The molecule has 1 aliphatic heterocycles. The minimum Gasteiger partial charge on any atom is -0.379 e. The fraction of sp³-hybridized carbons (Fsp3) is 0.652. The molecule has 1 heterocycles. The first-order valence-corrected chi connectivity index (χ1v) is 11.3. The first-order chi connectivity index (χ1) is 14.7. The number of hydrogen-bond donors (Lipinski definition) is 3. The zero-order chi connectivity index (χ0) is 21.1. The predicted octanol–water partition coefficient (Wildman–Crippen LogP) is 2.16. The lowest BCUT2D eigenvalue weighted by atomic mass is 9.80. The summed E-state index contributed by atoms with van der Waals surface area (Å²) in [6.45, 7) is 5.34. The molecule has 1 saturated carbocycles. The van der Waals surface area contributed by atoms with Crippen LogP contribution in [0.15, 0.2) is 35.3 Å². The van der Waals surface area contributed by atoms with Gasteiger partial charge in [0.05, 0.1) is 19.8 Å². The number of carbonyl (C=O) groups is 1. The van der Waals surface area contributed by atoms with Crippen LogP contribution in [0.5, 0.6) is 0 Å². The maximum Gasteiger partial charge on any atom is 0.239 e. The summed E-state index contributed by atoms with van der Waals surface area (Å²) >= 11 is 0. The highest BCUT2D eigenvalue weighted by Gasteiger charge is 2.38. The number of ether oxygens (including phenoxy) is 1. The van der Waals surface area contributed by atoms with Crippen LogP contribution >= 0.6 is 24.0 Å². The number of nitrogens with zero attached hydrogens (tertiary/aromatic N) is 2. The summed E-state index contributed by atoms with van der Waals surface area (Å²) in [5.74, 6) is 0.667. The lowest BCUT2D eigenvalue weighted by molar-refractivity contribution is -0.119. The molecule has 1 aromatic rings. The van der Waals surface area contributed by atoms with Crippen molar-refractivity contribution in [3.63, 3.8) is 0 Å². The molecule has 2 fully saturated rings. The Hall–Kier alpha value is -1.39. The highest BCUT2D eigenvalue weighted by atomic mass is 127. The molecular weight excluding hydrogens is 505 g/mol. The van der Waals surface area contributed by atoms with Crippen molar-refractivity contribution in [1.29, 1.82) is 0 Å². The Morgan fingerprint density at radius 1 is 1.06 bits per heavy atom. The molecule has 31 heavy (non-hydrogen) atoms. The van der Waals surface area contributed by atoms with Gasteiger partial charge in [0.1, 0.15) is 0 Å². The van der Waals surface area contributed by atoms with E-state index in [2.05, 4.69) is 38.0 Å². The summed E-state index contributed by atoms with van der Waals surface area (Å²) in [4.78, 5) is 19.1. The fourth-order valence-corrected chi connectivity index (χ4v) is 4.54. The van der Waals surface area contributed by atoms with Crippen LogP contribution in [-0.4, -0.2) is 75.3 Å². The van der Waals surface area contributed by atoms with Gasteiger partial charge in [0.25, 0.3) is 0 Å². The normalized spacial score (nSPS) is 19.2. The van der Waals surface area contributed by atoms with Crippen LogP contribution in [0.25, 0.3) is 0 Å². The topological polar surface area (TPSA) is 78.0 Å². The summed E-state index contributed by atoms with van der Waals surface area (Å²) < 4.78 is 5.57. The number of hydrogen-bond acceptors (Lipinski definition) is 4. The van der Waals surface area contributed by atoms with E-state index in [-0.39, 0.29) is 42.0 Å². The van der Waals surface area contributed by atoms with E-state index in [0.29, 0.717) is 12.5 Å². The number of benzene rings is 1. The van der Waals surface area contributed by atoms with Crippen LogP contribution < -0.4 is 16.0 Å². The van der Waals surface area contributed by atoms with Crippen LogP contribution in [0, 0.1) is 0 Å². The molecular formula is C23H38IN5O2. The van der Waals surface area contributed by atoms with Crippen LogP contribution in [0.3, 0.4) is 0 Å². The van der Waals surface area contributed by atoms with Gasteiger partial charge in [-0.15, -0.1) is 24.0 Å². The molecule has 3 rings (SSSR count).